The summed E-state index contributed by atoms with van der Waals surface area (Å²) in [6.07, 6.45) is -1.24. The molecule has 0 fully saturated rings. The molecule has 2 rings (SSSR count). The summed E-state index contributed by atoms with van der Waals surface area (Å²) in [4.78, 5) is 19.6. The minimum Gasteiger partial charge on any atom is -0.278 e. The average Bonchev–Trinajstić information content (AvgIpc) is 2.43. The number of alkyl halides is 2. The number of rotatable bonds is 2. The number of aromatic nitrogens is 4. The molecular formula is C8H7BrF2N4O. The van der Waals surface area contributed by atoms with Crippen molar-refractivity contribution in [2.75, 3.05) is 0 Å². The van der Waals surface area contributed by atoms with E-state index in [1.165, 1.54) is 17.8 Å². The Morgan fingerprint density at radius 3 is 2.81 bits per heavy atom. The van der Waals surface area contributed by atoms with Crippen molar-refractivity contribution in [2.45, 2.75) is 13.0 Å². The van der Waals surface area contributed by atoms with E-state index in [4.69, 9.17) is 0 Å². The van der Waals surface area contributed by atoms with Crippen molar-refractivity contribution in [1.29, 1.82) is 0 Å². The molecule has 0 aromatic carbocycles. The Labute approximate surface area is 96.9 Å². The summed E-state index contributed by atoms with van der Waals surface area (Å²) < 4.78 is 27.1. The van der Waals surface area contributed by atoms with Gasteiger partial charge in [0, 0.05) is 7.05 Å². The van der Waals surface area contributed by atoms with E-state index in [0.29, 0.717) is 4.60 Å². The minimum absolute atomic E-state index is 0.163. The second kappa shape index (κ2) is 3.93. The number of fused-ring (bicyclic) bond motifs is 1. The average molecular weight is 293 g/mol. The fourth-order valence-corrected chi connectivity index (χ4v) is 1.70. The van der Waals surface area contributed by atoms with Gasteiger partial charge in [0.2, 0.25) is 0 Å². The molecule has 0 atom stereocenters. The lowest BCUT2D eigenvalue weighted by atomic mass is 10.6. The zero-order valence-electron chi connectivity index (χ0n) is 8.19. The third kappa shape index (κ3) is 1.73. The number of hydrogen-bond donors (Lipinski definition) is 0. The van der Waals surface area contributed by atoms with E-state index >= 15 is 0 Å². The normalized spacial score (nSPS) is 11.6. The van der Waals surface area contributed by atoms with Crippen LogP contribution in [0.4, 0.5) is 8.78 Å². The van der Waals surface area contributed by atoms with Crippen molar-refractivity contribution in [3.8, 4) is 0 Å². The predicted molar refractivity (Wildman–Crippen MR) is 56.5 cm³/mol. The van der Waals surface area contributed by atoms with Gasteiger partial charge < -0.3 is 0 Å². The molecule has 2 aromatic heterocycles. The first kappa shape index (κ1) is 11.2. The van der Waals surface area contributed by atoms with Gasteiger partial charge in [-0.3, -0.25) is 9.13 Å². The number of halogens is 3. The van der Waals surface area contributed by atoms with Crippen LogP contribution in [0.5, 0.6) is 0 Å². The molecule has 16 heavy (non-hydrogen) atoms. The van der Waals surface area contributed by atoms with Gasteiger partial charge in [0.15, 0.2) is 11.3 Å². The third-order valence-electron chi connectivity index (χ3n) is 2.12. The summed E-state index contributed by atoms with van der Waals surface area (Å²) in [6, 6.07) is 0. The molecule has 0 aliphatic carbocycles. The van der Waals surface area contributed by atoms with Crippen LogP contribution < -0.4 is 5.69 Å². The molecule has 0 amide bonds. The van der Waals surface area contributed by atoms with Gasteiger partial charge in [-0.15, -0.1) is 0 Å². The quantitative estimate of drug-likeness (QED) is 0.835. The van der Waals surface area contributed by atoms with Crippen molar-refractivity contribution in [3.63, 3.8) is 0 Å². The Hall–Kier alpha value is -1.31. The summed E-state index contributed by atoms with van der Waals surface area (Å²) in [5, 5.41) is 0. The van der Waals surface area contributed by atoms with Gasteiger partial charge in [0.25, 0.3) is 6.43 Å². The van der Waals surface area contributed by atoms with Crippen molar-refractivity contribution in [3.05, 3.63) is 21.3 Å². The van der Waals surface area contributed by atoms with Gasteiger partial charge in [0.05, 0.1) is 12.7 Å². The molecule has 5 nitrogen and oxygen atoms in total. The van der Waals surface area contributed by atoms with Crippen molar-refractivity contribution >= 4 is 27.2 Å². The molecule has 0 unspecified atom stereocenters. The molecule has 0 aliphatic rings. The monoisotopic (exact) mass is 292 g/mol. The lowest BCUT2D eigenvalue weighted by Crippen LogP contribution is -2.25. The molecule has 0 N–H and O–H groups in total. The van der Waals surface area contributed by atoms with Crippen LogP contribution in [-0.4, -0.2) is 25.5 Å². The smallest absolute Gasteiger partial charge is 0.278 e. The Balaban J connectivity index is 2.74. The molecule has 0 spiro atoms. The van der Waals surface area contributed by atoms with Crippen LogP contribution in [0.3, 0.4) is 0 Å². The number of imidazole rings is 1. The summed E-state index contributed by atoms with van der Waals surface area (Å²) in [7, 11) is 1.47. The molecule has 0 saturated heterocycles. The highest BCUT2D eigenvalue weighted by Gasteiger charge is 2.16. The minimum atomic E-state index is -2.60. The summed E-state index contributed by atoms with van der Waals surface area (Å²) in [5.74, 6) is 0. The van der Waals surface area contributed by atoms with Gasteiger partial charge in [-0.2, -0.15) is 0 Å². The molecule has 0 radical (unpaired) electrons. The van der Waals surface area contributed by atoms with E-state index in [9.17, 15) is 13.6 Å². The lowest BCUT2D eigenvalue weighted by Gasteiger charge is -1.99. The van der Waals surface area contributed by atoms with Crippen LogP contribution in [0.25, 0.3) is 11.3 Å². The zero-order valence-corrected chi connectivity index (χ0v) is 9.78. The largest absolute Gasteiger partial charge is 0.331 e. The number of nitrogens with zero attached hydrogens (tertiary/aromatic N) is 4. The van der Waals surface area contributed by atoms with E-state index in [-0.39, 0.29) is 11.3 Å². The van der Waals surface area contributed by atoms with Crippen LogP contribution in [0, 0.1) is 0 Å². The first-order valence-electron chi connectivity index (χ1n) is 4.36. The fraction of sp³-hybridized carbons (Fsp3) is 0.375. The molecule has 0 saturated carbocycles. The van der Waals surface area contributed by atoms with Crippen LogP contribution in [0.1, 0.15) is 0 Å². The molecule has 8 heteroatoms. The SMILES string of the molecule is Cn1c(=O)n(CC(F)F)c2ncc(Br)nc21. The van der Waals surface area contributed by atoms with Gasteiger partial charge in [-0.05, 0) is 15.9 Å². The van der Waals surface area contributed by atoms with Crippen LogP contribution in [0.15, 0.2) is 15.6 Å². The standard InChI is InChI=1S/C8H7BrF2N4O/c1-14-7-6(12-2-4(9)13-7)15(8(14)16)3-5(10)11/h2,5H,3H2,1H3. The van der Waals surface area contributed by atoms with E-state index in [1.807, 2.05) is 0 Å². The molecular weight excluding hydrogens is 286 g/mol. The maximum absolute atomic E-state index is 12.3. The highest BCUT2D eigenvalue weighted by molar-refractivity contribution is 9.10. The fourth-order valence-electron chi connectivity index (χ4n) is 1.43. The maximum atomic E-state index is 12.3. The van der Waals surface area contributed by atoms with Crippen molar-refractivity contribution < 1.29 is 8.78 Å². The molecule has 0 aliphatic heterocycles. The van der Waals surface area contributed by atoms with Gasteiger partial charge >= 0.3 is 5.69 Å². The second-order valence-corrected chi connectivity index (χ2v) is 4.00. The maximum Gasteiger partial charge on any atom is 0.331 e. The molecule has 2 heterocycles. The van der Waals surface area contributed by atoms with Crippen LogP contribution >= 0.6 is 15.9 Å². The van der Waals surface area contributed by atoms with Crippen molar-refractivity contribution in [1.82, 2.24) is 19.1 Å². The molecule has 2 aromatic rings. The topological polar surface area (TPSA) is 52.7 Å². The summed E-state index contributed by atoms with van der Waals surface area (Å²) in [6.45, 7) is -0.674. The molecule has 86 valence electrons. The number of hydrogen-bond acceptors (Lipinski definition) is 3. The second-order valence-electron chi connectivity index (χ2n) is 3.18. The van der Waals surface area contributed by atoms with Crippen molar-refractivity contribution in [2.24, 2.45) is 7.05 Å². The van der Waals surface area contributed by atoms with Crippen LogP contribution in [0.2, 0.25) is 0 Å². The van der Waals surface area contributed by atoms with Gasteiger partial charge in [-0.25, -0.2) is 23.5 Å². The number of aryl methyl sites for hydroxylation is 1. The Kier molecular flexibility index (Phi) is 2.75. The van der Waals surface area contributed by atoms with E-state index in [2.05, 4.69) is 25.9 Å². The highest BCUT2D eigenvalue weighted by Crippen LogP contribution is 2.12. The Bertz CT molecular complexity index is 591. The first-order chi connectivity index (χ1) is 7.50. The molecule has 0 bridgehead atoms. The van der Waals surface area contributed by atoms with Gasteiger partial charge in [0.1, 0.15) is 4.60 Å². The Morgan fingerprint density at radius 1 is 1.50 bits per heavy atom. The van der Waals surface area contributed by atoms with Crippen LogP contribution in [-0.2, 0) is 13.6 Å². The third-order valence-corrected chi connectivity index (χ3v) is 2.50. The Morgan fingerprint density at radius 2 is 2.19 bits per heavy atom. The highest BCUT2D eigenvalue weighted by atomic mass is 79.9. The predicted octanol–water partition coefficient (Wildman–Crippen LogP) is 1.16. The lowest BCUT2D eigenvalue weighted by molar-refractivity contribution is 0.126. The van der Waals surface area contributed by atoms with Gasteiger partial charge in [-0.1, -0.05) is 0 Å². The first-order valence-corrected chi connectivity index (χ1v) is 5.16. The zero-order chi connectivity index (χ0) is 11.9. The van der Waals surface area contributed by atoms with E-state index in [0.717, 1.165) is 4.57 Å². The van der Waals surface area contributed by atoms with E-state index < -0.39 is 18.7 Å². The summed E-state index contributed by atoms with van der Waals surface area (Å²) >= 11 is 3.10. The summed E-state index contributed by atoms with van der Waals surface area (Å²) in [5.41, 5.74) is -0.107. The van der Waals surface area contributed by atoms with E-state index in [1.54, 1.807) is 0 Å².